The highest BCUT2D eigenvalue weighted by molar-refractivity contribution is 7.17. The molecule has 0 bridgehead atoms. The van der Waals surface area contributed by atoms with Crippen molar-refractivity contribution in [2.45, 2.75) is 13.5 Å². The third-order valence-corrected chi connectivity index (χ3v) is 4.45. The van der Waals surface area contributed by atoms with Gasteiger partial charge in [-0.3, -0.25) is 4.79 Å². The van der Waals surface area contributed by atoms with Crippen molar-refractivity contribution in [1.29, 1.82) is 5.26 Å². The lowest BCUT2D eigenvalue weighted by Crippen LogP contribution is -2.22. The molecule has 3 aromatic rings. The second-order valence-corrected chi connectivity index (χ2v) is 6.00. The molecule has 1 aromatic carbocycles. The summed E-state index contributed by atoms with van der Waals surface area (Å²) in [4.78, 5) is 25.6. The molecule has 24 heavy (non-hydrogen) atoms. The number of amides is 1. The first-order valence-electron chi connectivity index (χ1n) is 7.19. The molecule has 118 valence electrons. The minimum absolute atomic E-state index is 0.184. The van der Waals surface area contributed by atoms with E-state index in [-0.39, 0.29) is 5.91 Å². The van der Waals surface area contributed by atoms with Gasteiger partial charge in [0.25, 0.3) is 5.91 Å². The van der Waals surface area contributed by atoms with Gasteiger partial charge in [-0.05, 0) is 30.7 Å². The van der Waals surface area contributed by atoms with E-state index >= 15 is 0 Å². The van der Waals surface area contributed by atoms with Crippen LogP contribution in [0.15, 0.2) is 42.7 Å². The molecule has 0 atom stereocenters. The van der Waals surface area contributed by atoms with Crippen LogP contribution < -0.4 is 5.32 Å². The lowest BCUT2D eigenvalue weighted by atomic mass is 10.1. The summed E-state index contributed by atoms with van der Waals surface area (Å²) < 4.78 is 0. The third kappa shape index (κ3) is 3.45. The predicted octanol–water partition coefficient (Wildman–Crippen LogP) is 2.71. The van der Waals surface area contributed by atoms with Crippen LogP contribution in [0.5, 0.6) is 0 Å². The number of carbonyl (C=O) groups is 1. The Labute approximate surface area is 142 Å². The molecule has 3 rings (SSSR count). The topological polar surface area (TPSA) is 91.6 Å². The Kier molecular flexibility index (Phi) is 4.59. The molecule has 0 aliphatic heterocycles. The van der Waals surface area contributed by atoms with Crippen LogP contribution in [0.4, 0.5) is 0 Å². The summed E-state index contributed by atoms with van der Waals surface area (Å²) in [6.07, 6.45) is 3.29. The van der Waals surface area contributed by atoms with Crippen LogP contribution >= 0.6 is 11.3 Å². The molecule has 0 aliphatic rings. The number of rotatable bonds is 4. The standard InChI is InChI=1S/C17H13N5OS/c1-11-14(24-17(22-11)15-19-7-2-8-20-15)16(23)21-10-13-5-3-12(9-18)4-6-13/h2-8H,10H2,1H3,(H,21,23). The molecule has 1 amide bonds. The van der Waals surface area contributed by atoms with Gasteiger partial charge in [0.1, 0.15) is 4.88 Å². The van der Waals surface area contributed by atoms with Crippen molar-refractivity contribution in [3.63, 3.8) is 0 Å². The van der Waals surface area contributed by atoms with Crippen molar-refractivity contribution in [2.75, 3.05) is 0 Å². The minimum atomic E-state index is -0.184. The van der Waals surface area contributed by atoms with Gasteiger partial charge in [-0.25, -0.2) is 15.0 Å². The molecule has 0 saturated heterocycles. The fourth-order valence-electron chi connectivity index (χ4n) is 2.07. The molecule has 0 aliphatic carbocycles. The van der Waals surface area contributed by atoms with E-state index in [1.165, 1.54) is 11.3 Å². The van der Waals surface area contributed by atoms with Crippen molar-refractivity contribution < 1.29 is 4.79 Å². The number of benzene rings is 1. The van der Waals surface area contributed by atoms with Crippen LogP contribution in [0, 0.1) is 18.3 Å². The van der Waals surface area contributed by atoms with E-state index in [2.05, 4.69) is 26.3 Å². The van der Waals surface area contributed by atoms with E-state index in [1.807, 2.05) is 12.1 Å². The van der Waals surface area contributed by atoms with Gasteiger partial charge < -0.3 is 5.32 Å². The lowest BCUT2D eigenvalue weighted by Gasteiger charge is -2.04. The maximum absolute atomic E-state index is 12.4. The molecule has 7 heteroatoms. The lowest BCUT2D eigenvalue weighted by molar-refractivity contribution is 0.0954. The van der Waals surface area contributed by atoms with E-state index in [1.54, 1.807) is 37.5 Å². The smallest absolute Gasteiger partial charge is 0.263 e. The van der Waals surface area contributed by atoms with Crippen molar-refractivity contribution >= 4 is 17.2 Å². The minimum Gasteiger partial charge on any atom is -0.347 e. The number of nitrogens with zero attached hydrogens (tertiary/aromatic N) is 4. The highest BCUT2D eigenvalue weighted by atomic mass is 32.1. The first-order chi connectivity index (χ1) is 11.7. The monoisotopic (exact) mass is 335 g/mol. The number of hydrogen-bond acceptors (Lipinski definition) is 6. The molecule has 0 fully saturated rings. The molecule has 0 radical (unpaired) electrons. The van der Waals surface area contributed by atoms with Crippen molar-refractivity contribution in [1.82, 2.24) is 20.3 Å². The summed E-state index contributed by atoms with van der Waals surface area (Å²) in [5, 5.41) is 12.3. The zero-order valence-electron chi connectivity index (χ0n) is 12.9. The zero-order chi connectivity index (χ0) is 16.9. The summed E-state index contributed by atoms with van der Waals surface area (Å²) in [6.45, 7) is 2.18. The van der Waals surface area contributed by atoms with Gasteiger partial charge in [-0.1, -0.05) is 12.1 Å². The van der Waals surface area contributed by atoms with Crippen LogP contribution in [0.3, 0.4) is 0 Å². The largest absolute Gasteiger partial charge is 0.347 e. The van der Waals surface area contributed by atoms with Gasteiger partial charge in [0.15, 0.2) is 10.8 Å². The summed E-state index contributed by atoms with van der Waals surface area (Å²) in [6, 6.07) is 10.9. The molecular weight excluding hydrogens is 322 g/mol. The molecular formula is C17H13N5OS. The Morgan fingerprint density at radius 1 is 1.25 bits per heavy atom. The number of carbonyl (C=O) groups excluding carboxylic acids is 1. The highest BCUT2D eigenvalue weighted by Gasteiger charge is 2.17. The van der Waals surface area contributed by atoms with Gasteiger partial charge in [-0.2, -0.15) is 5.26 Å². The summed E-state index contributed by atoms with van der Waals surface area (Å²) in [5.74, 6) is 0.327. The number of hydrogen-bond donors (Lipinski definition) is 1. The van der Waals surface area contributed by atoms with Crippen molar-refractivity contribution in [2.24, 2.45) is 0 Å². The van der Waals surface area contributed by atoms with E-state index in [4.69, 9.17) is 5.26 Å². The van der Waals surface area contributed by atoms with Crippen LogP contribution in [0.2, 0.25) is 0 Å². The molecule has 0 saturated carbocycles. The number of thiazole rings is 1. The van der Waals surface area contributed by atoms with Gasteiger partial charge in [0, 0.05) is 18.9 Å². The van der Waals surface area contributed by atoms with Crippen LogP contribution in [-0.4, -0.2) is 20.9 Å². The molecule has 2 heterocycles. The van der Waals surface area contributed by atoms with E-state index < -0.39 is 0 Å². The molecule has 6 nitrogen and oxygen atoms in total. The van der Waals surface area contributed by atoms with Gasteiger partial charge in [-0.15, -0.1) is 11.3 Å². The Hall–Kier alpha value is -3.11. The second kappa shape index (κ2) is 6.98. The Morgan fingerprint density at radius 2 is 1.96 bits per heavy atom. The first kappa shape index (κ1) is 15.8. The van der Waals surface area contributed by atoms with Crippen molar-refractivity contribution in [3.05, 3.63) is 64.4 Å². The average molecular weight is 335 g/mol. The molecule has 0 unspecified atom stereocenters. The Balaban J connectivity index is 1.71. The van der Waals surface area contributed by atoms with Crippen LogP contribution in [0.25, 0.3) is 10.8 Å². The third-order valence-electron chi connectivity index (χ3n) is 3.30. The Bertz CT molecular complexity index is 897. The number of aromatic nitrogens is 3. The van der Waals surface area contributed by atoms with Crippen molar-refractivity contribution in [3.8, 4) is 16.9 Å². The van der Waals surface area contributed by atoms with E-state index in [9.17, 15) is 4.79 Å². The van der Waals surface area contributed by atoms with Gasteiger partial charge >= 0.3 is 0 Å². The van der Waals surface area contributed by atoms with Gasteiger partial charge in [0.2, 0.25) is 0 Å². The normalized spacial score (nSPS) is 10.2. The second-order valence-electron chi connectivity index (χ2n) is 5.00. The fraction of sp³-hybridized carbons (Fsp3) is 0.118. The summed E-state index contributed by atoms with van der Waals surface area (Å²) in [5.41, 5.74) is 2.17. The summed E-state index contributed by atoms with van der Waals surface area (Å²) in [7, 11) is 0. The quantitative estimate of drug-likeness (QED) is 0.791. The zero-order valence-corrected chi connectivity index (χ0v) is 13.7. The molecule has 1 N–H and O–H groups in total. The Morgan fingerprint density at radius 3 is 2.62 bits per heavy atom. The number of nitriles is 1. The van der Waals surface area contributed by atoms with Crippen LogP contribution in [0.1, 0.15) is 26.5 Å². The fourth-order valence-corrected chi connectivity index (χ4v) is 3.00. The number of nitrogens with one attached hydrogen (secondary N) is 1. The average Bonchev–Trinajstić information content (AvgIpc) is 3.03. The van der Waals surface area contributed by atoms with Crippen LogP contribution in [-0.2, 0) is 6.54 Å². The molecule has 0 spiro atoms. The van der Waals surface area contributed by atoms with E-state index in [0.29, 0.717) is 33.5 Å². The molecule has 2 aromatic heterocycles. The maximum Gasteiger partial charge on any atom is 0.263 e. The number of aryl methyl sites for hydroxylation is 1. The summed E-state index contributed by atoms with van der Waals surface area (Å²) >= 11 is 1.27. The first-order valence-corrected chi connectivity index (χ1v) is 8.01. The maximum atomic E-state index is 12.4. The van der Waals surface area contributed by atoms with E-state index in [0.717, 1.165) is 5.56 Å². The van der Waals surface area contributed by atoms with Gasteiger partial charge in [0.05, 0.1) is 17.3 Å². The SMILES string of the molecule is Cc1nc(-c2ncccn2)sc1C(=O)NCc1ccc(C#N)cc1. The highest BCUT2D eigenvalue weighted by Crippen LogP contribution is 2.25. The predicted molar refractivity (Wildman–Crippen MR) is 90.2 cm³/mol.